The highest BCUT2D eigenvalue weighted by Crippen LogP contribution is 2.31. The maximum atomic E-state index is 12.1. The minimum absolute atomic E-state index is 0.292. The number of nitriles is 1. The Morgan fingerprint density at radius 1 is 1.08 bits per heavy atom. The van der Waals surface area contributed by atoms with Gasteiger partial charge in [-0.3, -0.25) is 4.79 Å². The van der Waals surface area contributed by atoms with Crippen molar-refractivity contribution in [1.29, 1.82) is 5.26 Å². The van der Waals surface area contributed by atoms with Crippen molar-refractivity contribution in [3.8, 4) is 6.07 Å². The van der Waals surface area contributed by atoms with Crippen molar-refractivity contribution >= 4 is 23.2 Å². The van der Waals surface area contributed by atoms with E-state index in [0.29, 0.717) is 23.2 Å². The highest BCUT2D eigenvalue weighted by Gasteiger charge is 2.34. The number of piperazine rings is 1. The molecule has 132 valence electrons. The molecular formula is C19H20N6O. The largest absolute Gasteiger partial charge is 0.353 e. The number of pyridine rings is 2. The smallest absolute Gasteiger partial charge is 0.225 e. The van der Waals surface area contributed by atoms with E-state index < -0.39 is 0 Å². The molecule has 1 saturated carbocycles. The molecule has 2 aromatic heterocycles. The van der Waals surface area contributed by atoms with Crippen LogP contribution < -0.4 is 10.2 Å². The fourth-order valence-electron chi connectivity index (χ4n) is 3.07. The molecule has 1 aliphatic heterocycles. The predicted octanol–water partition coefficient (Wildman–Crippen LogP) is 2.15. The highest BCUT2D eigenvalue weighted by atomic mass is 16.2. The molecule has 0 radical (unpaired) electrons. The number of hydrogen-bond acceptors (Lipinski definition) is 6. The lowest BCUT2D eigenvalue weighted by atomic mass is 10.2. The van der Waals surface area contributed by atoms with Crippen LogP contribution in [0.1, 0.15) is 18.4 Å². The summed E-state index contributed by atoms with van der Waals surface area (Å²) in [4.78, 5) is 25.0. The van der Waals surface area contributed by atoms with Gasteiger partial charge in [-0.2, -0.15) is 5.26 Å². The van der Waals surface area contributed by atoms with Crippen molar-refractivity contribution in [1.82, 2.24) is 14.9 Å². The van der Waals surface area contributed by atoms with Crippen LogP contribution in [0.25, 0.3) is 0 Å². The minimum atomic E-state index is 0.292. The third-order valence-electron chi connectivity index (χ3n) is 4.75. The molecule has 1 amide bonds. The Kier molecular flexibility index (Phi) is 4.40. The molecule has 7 heteroatoms. The third-order valence-corrected chi connectivity index (χ3v) is 4.75. The van der Waals surface area contributed by atoms with Crippen molar-refractivity contribution < 1.29 is 4.79 Å². The van der Waals surface area contributed by atoms with E-state index in [1.54, 1.807) is 18.3 Å². The molecule has 2 aliphatic rings. The molecule has 0 atom stereocenters. The van der Waals surface area contributed by atoms with Gasteiger partial charge in [-0.25, -0.2) is 9.97 Å². The fraction of sp³-hybridized carbons (Fsp3) is 0.368. The Bertz CT molecular complexity index is 815. The van der Waals surface area contributed by atoms with Gasteiger partial charge in [-0.1, -0.05) is 0 Å². The first-order valence-electron chi connectivity index (χ1n) is 8.86. The molecular weight excluding hydrogens is 328 g/mol. The second kappa shape index (κ2) is 7.00. The van der Waals surface area contributed by atoms with Gasteiger partial charge in [0.05, 0.1) is 17.4 Å². The Balaban J connectivity index is 1.34. The maximum Gasteiger partial charge on any atom is 0.225 e. The van der Waals surface area contributed by atoms with E-state index in [1.165, 1.54) is 6.20 Å². The molecule has 2 aromatic rings. The van der Waals surface area contributed by atoms with E-state index in [4.69, 9.17) is 5.26 Å². The van der Waals surface area contributed by atoms with Crippen LogP contribution in [0.5, 0.6) is 0 Å². The van der Waals surface area contributed by atoms with E-state index in [2.05, 4.69) is 20.2 Å². The summed E-state index contributed by atoms with van der Waals surface area (Å²) < 4.78 is 0. The molecule has 0 spiro atoms. The number of nitrogens with zero attached hydrogens (tertiary/aromatic N) is 5. The van der Waals surface area contributed by atoms with Crippen molar-refractivity contribution in [2.24, 2.45) is 5.92 Å². The van der Waals surface area contributed by atoms with E-state index >= 15 is 0 Å². The maximum absolute atomic E-state index is 12.1. The second-order valence-corrected chi connectivity index (χ2v) is 6.66. The van der Waals surface area contributed by atoms with E-state index in [9.17, 15) is 4.79 Å². The van der Waals surface area contributed by atoms with Gasteiger partial charge in [0, 0.05) is 38.3 Å². The average Bonchev–Trinajstić information content (AvgIpc) is 3.54. The predicted molar refractivity (Wildman–Crippen MR) is 98.0 cm³/mol. The number of carbonyl (C=O) groups excluding carboxylic acids is 1. The molecule has 2 fully saturated rings. The summed E-state index contributed by atoms with van der Waals surface area (Å²) in [5.74, 6) is 2.21. The standard InChI is InChI=1S/C19H20N6O/c20-11-14-1-5-17(21-12-14)23-16-4-6-18(22-13-16)24-7-9-25(10-8-24)19(26)15-2-3-15/h1,4-6,12-13,15H,2-3,7-10H2,(H,21,23). The zero-order valence-corrected chi connectivity index (χ0v) is 14.4. The number of rotatable bonds is 4. The van der Waals surface area contributed by atoms with E-state index in [1.807, 2.05) is 23.1 Å². The SMILES string of the molecule is N#Cc1ccc(Nc2ccc(N3CCN(C(=O)C4CC4)CC3)nc2)nc1. The number of aromatic nitrogens is 2. The summed E-state index contributed by atoms with van der Waals surface area (Å²) in [5.41, 5.74) is 1.37. The van der Waals surface area contributed by atoms with Crippen LogP contribution in [-0.4, -0.2) is 47.0 Å². The first kappa shape index (κ1) is 16.3. The topological polar surface area (TPSA) is 85.2 Å². The van der Waals surface area contributed by atoms with Crippen LogP contribution in [0.4, 0.5) is 17.3 Å². The van der Waals surface area contributed by atoms with Gasteiger partial charge in [0.2, 0.25) is 5.91 Å². The zero-order chi connectivity index (χ0) is 17.9. The van der Waals surface area contributed by atoms with Gasteiger partial charge in [-0.15, -0.1) is 0 Å². The third kappa shape index (κ3) is 3.59. The summed E-state index contributed by atoms with van der Waals surface area (Å²) in [5, 5.41) is 12.0. The summed E-state index contributed by atoms with van der Waals surface area (Å²) in [6, 6.07) is 9.48. The number of nitrogens with one attached hydrogen (secondary N) is 1. The van der Waals surface area contributed by atoms with Gasteiger partial charge in [0.15, 0.2) is 0 Å². The van der Waals surface area contributed by atoms with Gasteiger partial charge >= 0.3 is 0 Å². The Morgan fingerprint density at radius 2 is 1.88 bits per heavy atom. The molecule has 7 nitrogen and oxygen atoms in total. The zero-order valence-electron chi connectivity index (χ0n) is 14.4. The van der Waals surface area contributed by atoms with Crippen LogP contribution in [0.15, 0.2) is 36.7 Å². The molecule has 1 saturated heterocycles. The Hall–Kier alpha value is -3.14. The van der Waals surface area contributed by atoms with Gasteiger partial charge < -0.3 is 15.1 Å². The van der Waals surface area contributed by atoms with Crippen molar-refractivity contribution in [3.63, 3.8) is 0 Å². The highest BCUT2D eigenvalue weighted by molar-refractivity contribution is 5.81. The number of anilines is 3. The summed E-state index contributed by atoms with van der Waals surface area (Å²) in [6.07, 6.45) is 5.43. The lowest BCUT2D eigenvalue weighted by Gasteiger charge is -2.35. The summed E-state index contributed by atoms with van der Waals surface area (Å²) in [6.45, 7) is 3.17. The molecule has 0 aromatic carbocycles. The molecule has 4 rings (SSSR count). The molecule has 1 N–H and O–H groups in total. The number of hydrogen-bond donors (Lipinski definition) is 1. The fourth-order valence-corrected chi connectivity index (χ4v) is 3.07. The summed E-state index contributed by atoms with van der Waals surface area (Å²) >= 11 is 0. The number of carbonyl (C=O) groups is 1. The average molecular weight is 348 g/mol. The molecule has 0 unspecified atom stereocenters. The van der Waals surface area contributed by atoms with Crippen LogP contribution in [-0.2, 0) is 4.79 Å². The van der Waals surface area contributed by atoms with Crippen molar-refractivity contribution in [2.75, 3.05) is 36.4 Å². The second-order valence-electron chi connectivity index (χ2n) is 6.66. The molecule has 3 heterocycles. The van der Waals surface area contributed by atoms with Crippen LogP contribution in [0, 0.1) is 17.2 Å². The molecule has 1 aliphatic carbocycles. The Morgan fingerprint density at radius 3 is 2.46 bits per heavy atom. The van der Waals surface area contributed by atoms with E-state index in [-0.39, 0.29) is 0 Å². The first-order chi connectivity index (χ1) is 12.7. The lowest BCUT2D eigenvalue weighted by molar-refractivity contribution is -0.132. The van der Waals surface area contributed by atoms with Gasteiger partial charge in [0.1, 0.15) is 17.7 Å². The van der Waals surface area contributed by atoms with Gasteiger partial charge in [0.25, 0.3) is 0 Å². The Labute approximate surface area is 152 Å². The minimum Gasteiger partial charge on any atom is -0.353 e. The van der Waals surface area contributed by atoms with Crippen molar-refractivity contribution in [2.45, 2.75) is 12.8 Å². The molecule has 26 heavy (non-hydrogen) atoms. The number of amides is 1. The lowest BCUT2D eigenvalue weighted by Crippen LogP contribution is -2.49. The van der Waals surface area contributed by atoms with Crippen LogP contribution >= 0.6 is 0 Å². The quantitative estimate of drug-likeness (QED) is 0.911. The van der Waals surface area contributed by atoms with E-state index in [0.717, 1.165) is 50.5 Å². The monoisotopic (exact) mass is 348 g/mol. The summed E-state index contributed by atoms with van der Waals surface area (Å²) in [7, 11) is 0. The van der Waals surface area contributed by atoms with Gasteiger partial charge in [-0.05, 0) is 37.1 Å². The normalized spacial score (nSPS) is 16.9. The van der Waals surface area contributed by atoms with Crippen molar-refractivity contribution in [3.05, 3.63) is 42.2 Å². The first-order valence-corrected chi connectivity index (χ1v) is 8.86. The van der Waals surface area contributed by atoms with Crippen LogP contribution in [0.2, 0.25) is 0 Å². The molecule has 0 bridgehead atoms. The van der Waals surface area contributed by atoms with Crippen LogP contribution in [0.3, 0.4) is 0 Å².